The summed E-state index contributed by atoms with van der Waals surface area (Å²) < 4.78 is 4.75. The molecule has 0 spiro atoms. The Labute approximate surface area is 96.6 Å². The largest absolute Gasteiger partial charge is 0.465 e. The monoisotopic (exact) mass is 221 g/mol. The summed E-state index contributed by atoms with van der Waals surface area (Å²) in [6.07, 6.45) is 0. The number of benzene rings is 1. The Balaban J connectivity index is 3.18. The molecule has 0 aliphatic carbocycles. The highest BCUT2D eigenvalue weighted by Gasteiger charge is 2.26. The zero-order chi connectivity index (χ0) is 12.3. The SMILES string of the molecule is COC(=O)c1ccccc1[C@@H](N)C(C)(C)C. The van der Waals surface area contributed by atoms with Crippen molar-refractivity contribution in [2.24, 2.45) is 11.1 Å². The molecule has 0 heterocycles. The molecule has 3 nitrogen and oxygen atoms in total. The van der Waals surface area contributed by atoms with E-state index in [0.717, 1.165) is 5.56 Å². The molecule has 1 aromatic rings. The second-order valence-corrected chi connectivity index (χ2v) is 4.92. The van der Waals surface area contributed by atoms with E-state index in [9.17, 15) is 4.79 Å². The Morgan fingerprint density at radius 3 is 2.38 bits per heavy atom. The van der Waals surface area contributed by atoms with Crippen LogP contribution >= 0.6 is 0 Å². The minimum absolute atomic E-state index is 0.0931. The molecule has 0 saturated carbocycles. The molecule has 0 bridgehead atoms. The van der Waals surface area contributed by atoms with Gasteiger partial charge in [-0.15, -0.1) is 0 Å². The number of esters is 1. The first-order chi connectivity index (χ1) is 7.38. The average molecular weight is 221 g/mol. The standard InChI is InChI=1S/C13H19NO2/c1-13(2,3)11(14)9-7-5-6-8-10(9)12(15)16-4/h5-8,11H,14H2,1-4H3/t11-/m1/s1. The molecule has 0 aromatic heterocycles. The minimum Gasteiger partial charge on any atom is -0.465 e. The molecule has 3 heteroatoms. The van der Waals surface area contributed by atoms with Crippen LogP contribution in [-0.2, 0) is 4.74 Å². The van der Waals surface area contributed by atoms with Crippen LogP contribution in [0.25, 0.3) is 0 Å². The second-order valence-electron chi connectivity index (χ2n) is 4.92. The van der Waals surface area contributed by atoms with Gasteiger partial charge < -0.3 is 10.5 Å². The summed E-state index contributed by atoms with van der Waals surface area (Å²) in [6.45, 7) is 6.14. The zero-order valence-electron chi connectivity index (χ0n) is 10.3. The van der Waals surface area contributed by atoms with Crippen molar-refractivity contribution in [3.8, 4) is 0 Å². The number of nitrogens with two attached hydrogens (primary N) is 1. The third-order valence-corrected chi connectivity index (χ3v) is 2.63. The van der Waals surface area contributed by atoms with E-state index in [1.807, 2.05) is 39.0 Å². The van der Waals surface area contributed by atoms with E-state index in [4.69, 9.17) is 10.5 Å². The smallest absolute Gasteiger partial charge is 0.338 e. The van der Waals surface area contributed by atoms with Gasteiger partial charge in [0.1, 0.15) is 0 Å². The van der Waals surface area contributed by atoms with Gasteiger partial charge in [-0.3, -0.25) is 0 Å². The zero-order valence-corrected chi connectivity index (χ0v) is 10.3. The average Bonchev–Trinajstić information content (AvgIpc) is 2.25. The first kappa shape index (κ1) is 12.7. The molecule has 1 rings (SSSR count). The van der Waals surface area contributed by atoms with Gasteiger partial charge in [-0.1, -0.05) is 39.0 Å². The topological polar surface area (TPSA) is 52.3 Å². The van der Waals surface area contributed by atoms with Crippen molar-refractivity contribution in [2.45, 2.75) is 26.8 Å². The number of carbonyl (C=O) groups excluding carboxylic acids is 1. The van der Waals surface area contributed by atoms with Crippen molar-refractivity contribution >= 4 is 5.97 Å². The molecular formula is C13H19NO2. The van der Waals surface area contributed by atoms with E-state index < -0.39 is 0 Å². The lowest BCUT2D eigenvalue weighted by molar-refractivity contribution is 0.0598. The molecule has 88 valence electrons. The van der Waals surface area contributed by atoms with Crippen LogP contribution < -0.4 is 5.73 Å². The van der Waals surface area contributed by atoms with Gasteiger partial charge in [-0.2, -0.15) is 0 Å². The highest BCUT2D eigenvalue weighted by molar-refractivity contribution is 5.91. The normalized spacial score (nSPS) is 13.3. The molecule has 0 aliphatic heterocycles. The molecule has 0 radical (unpaired) electrons. The number of rotatable bonds is 2. The van der Waals surface area contributed by atoms with Crippen LogP contribution in [0.4, 0.5) is 0 Å². The fraction of sp³-hybridized carbons (Fsp3) is 0.462. The Kier molecular flexibility index (Phi) is 3.70. The summed E-state index contributed by atoms with van der Waals surface area (Å²) >= 11 is 0. The van der Waals surface area contributed by atoms with E-state index in [0.29, 0.717) is 5.56 Å². The van der Waals surface area contributed by atoms with Crippen molar-refractivity contribution in [1.82, 2.24) is 0 Å². The van der Waals surface area contributed by atoms with Gasteiger partial charge in [0, 0.05) is 6.04 Å². The fourth-order valence-electron chi connectivity index (χ4n) is 1.53. The summed E-state index contributed by atoms with van der Waals surface area (Å²) in [5, 5.41) is 0. The van der Waals surface area contributed by atoms with Crippen molar-refractivity contribution in [3.63, 3.8) is 0 Å². The number of hydrogen-bond donors (Lipinski definition) is 1. The lowest BCUT2D eigenvalue weighted by atomic mass is 9.81. The Morgan fingerprint density at radius 1 is 1.31 bits per heavy atom. The highest BCUT2D eigenvalue weighted by atomic mass is 16.5. The second kappa shape index (κ2) is 4.66. The minimum atomic E-state index is -0.338. The Morgan fingerprint density at radius 2 is 1.88 bits per heavy atom. The molecule has 16 heavy (non-hydrogen) atoms. The third kappa shape index (κ3) is 2.61. The third-order valence-electron chi connectivity index (χ3n) is 2.63. The lowest BCUT2D eigenvalue weighted by Gasteiger charge is -2.28. The van der Waals surface area contributed by atoms with Crippen LogP contribution in [0.5, 0.6) is 0 Å². The maximum atomic E-state index is 11.6. The van der Waals surface area contributed by atoms with Crippen molar-refractivity contribution in [3.05, 3.63) is 35.4 Å². The van der Waals surface area contributed by atoms with E-state index in [1.54, 1.807) is 6.07 Å². The summed E-state index contributed by atoms with van der Waals surface area (Å²) in [6, 6.07) is 7.12. The van der Waals surface area contributed by atoms with Gasteiger partial charge >= 0.3 is 5.97 Å². The molecule has 0 aliphatic rings. The van der Waals surface area contributed by atoms with Gasteiger partial charge in [0.05, 0.1) is 12.7 Å². The van der Waals surface area contributed by atoms with Crippen LogP contribution in [0, 0.1) is 5.41 Å². The summed E-state index contributed by atoms with van der Waals surface area (Å²) in [5.41, 5.74) is 7.45. The molecule has 0 amide bonds. The maximum Gasteiger partial charge on any atom is 0.338 e. The molecule has 1 aromatic carbocycles. The van der Waals surface area contributed by atoms with Crippen molar-refractivity contribution < 1.29 is 9.53 Å². The Hall–Kier alpha value is -1.35. The molecule has 0 unspecified atom stereocenters. The molecule has 0 fully saturated rings. The van der Waals surface area contributed by atoms with Crippen molar-refractivity contribution in [1.29, 1.82) is 0 Å². The van der Waals surface area contributed by atoms with Crippen LogP contribution in [0.1, 0.15) is 42.7 Å². The van der Waals surface area contributed by atoms with Crippen LogP contribution in [0.15, 0.2) is 24.3 Å². The van der Waals surface area contributed by atoms with Gasteiger partial charge in [-0.05, 0) is 17.0 Å². The van der Waals surface area contributed by atoms with Crippen molar-refractivity contribution in [2.75, 3.05) is 7.11 Å². The van der Waals surface area contributed by atoms with E-state index in [-0.39, 0.29) is 17.4 Å². The predicted octanol–water partition coefficient (Wildman–Crippen LogP) is 2.52. The number of hydrogen-bond acceptors (Lipinski definition) is 3. The Bertz CT molecular complexity index is 380. The number of methoxy groups -OCH3 is 1. The van der Waals surface area contributed by atoms with Gasteiger partial charge in [-0.25, -0.2) is 4.79 Å². The van der Waals surface area contributed by atoms with Gasteiger partial charge in [0.2, 0.25) is 0 Å². The fourth-order valence-corrected chi connectivity index (χ4v) is 1.53. The molecule has 2 N–H and O–H groups in total. The lowest BCUT2D eigenvalue weighted by Crippen LogP contribution is -2.28. The number of ether oxygens (including phenoxy) is 1. The molecular weight excluding hydrogens is 202 g/mol. The summed E-state index contributed by atoms with van der Waals surface area (Å²) in [7, 11) is 1.38. The van der Waals surface area contributed by atoms with Gasteiger partial charge in [0.15, 0.2) is 0 Å². The highest BCUT2D eigenvalue weighted by Crippen LogP contribution is 2.32. The van der Waals surface area contributed by atoms with E-state index in [2.05, 4.69) is 0 Å². The summed E-state index contributed by atoms with van der Waals surface area (Å²) in [5.74, 6) is -0.338. The van der Waals surface area contributed by atoms with Crippen LogP contribution in [0.3, 0.4) is 0 Å². The maximum absolute atomic E-state index is 11.6. The quantitative estimate of drug-likeness (QED) is 0.781. The summed E-state index contributed by atoms with van der Waals surface area (Å²) in [4.78, 5) is 11.6. The first-order valence-electron chi connectivity index (χ1n) is 5.30. The predicted molar refractivity (Wildman–Crippen MR) is 64.2 cm³/mol. The van der Waals surface area contributed by atoms with Gasteiger partial charge in [0.25, 0.3) is 0 Å². The molecule has 0 saturated heterocycles. The van der Waals surface area contributed by atoms with Crippen LogP contribution in [-0.4, -0.2) is 13.1 Å². The first-order valence-corrected chi connectivity index (χ1v) is 5.30. The van der Waals surface area contributed by atoms with E-state index >= 15 is 0 Å². The molecule has 1 atom stereocenters. The number of carbonyl (C=O) groups is 1. The van der Waals surface area contributed by atoms with E-state index in [1.165, 1.54) is 7.11 Å². The van der Waals surface area contributed by atoms with Crippen LogP contribution in [0.2, 0.25) is 0 Å².